The van der Waals surface area contributed by atoms with Gasteiger partial charge >= 0.3 is 5.97 Å². The van der Waals surface area contributed by atoms with E-state index in [1.165, 1.54) is 25.1 Å². The van der Waals surface area contributed by atoms with Crippen LogP contribution >= 0.6 is 23.2 Å². The molecule has 0 saturated carbocycles. The Morgan fingerprint density at radius 3 is 2.43 bits per heavy atom. The Balaban J connectivity index is 1.83. The van der Waals surface area contributed by atoms with Gasteiger partial charge in [0, 0.05) is 11.6 Å². The van der Waals surface area contributed by atoms with Crippen LogP contribution in [0, 0.1) is 11.6 Å². The van der Waals surface area contributed by atoms with Crippen molar-refractivity contribution in [3.63, 3.8) is 0 Å². The highest BCUT2D eigenvalue weighted by atomic mass is 35.5. The fraction of sp³-hybridized carbons (Fsp3) is 0.222. The summed E-state index contributed by atoms with van der Waals surface area (Å²) in [4.78, 5) is 23.4. The van der Waals surface area contributed by atoms with Crippen molar-refractivity contribution >= 4 is 45.1 Å². The molecular formula is C18H16Cl2F2N2O5S. The lowest BCUT2D eigenvalue weighted by Gasteiger charge is -2.15. The first-order valence-corrected chi connectivity index (χ1v) is 10.6. The number of hydrogen-bond acceptors (Lipinski definition) is 5. The van der Waals surface area contributed by atoms with Crippen LogP contribution in [0.3, 0.4) is 0 Å². The molecule has 2 rings (SSSR count). The monoisotopic (exact) mass is 480 g/mol. The number of esters is 1. The first-order chi connectivity index (χ1) is 14.0. The number of sulfonamides is 1. The SMILES string of the molecule is C[C@H](NC(=O)COC(=O)CNS(=O)(=O)c1ccc(Cl)c(Cl)c1)c1ccc(F)cc1F. The second-order valence-corrected chi connectivity index (χ2v) is 8.60. The van der Waals surface area contributed by atoms with Crippen molar-refractivity contribution in [2.24, 2.45) is 0 Å². The van der Waals surface area contributed by atoms with Crippen molar-refractivity contribution in [1.29, 1.82) is 0 Å². The van der Waals surface area contributed by atoms with E-state index in [1.807, 2.05) is 4.72 Å². The third kappa shape index (κ3) is 6.63. The summed E-state index contributed by atoms with van der Waals surface area (Å²) in [5.74, 6) is -3.37. The highest BCUT2D eigenvalue weighted by molar-refractivity contribution is 7.89. The quantitative estimate of drug-likeness (QED) is 0.565. The molecule has 0 aliphatic rings. The van der Waals surface area contributed by atoms with Gasteiger partial charge in [0.2, 0.25) is 10.0 Å². The summed E-state index contributed by atoms with van der Waals surface area (Å²) in [6.45, 7) is -0.0000922. The molecule has 0 heterocycles. The van der Waals surface area contributed by atoms with Crippen LogP contribution in [0.1, 0.15) is 18.5 Å². The summed E-state index contributed by atoms with van der Waals surface area (Å²) in [6.07, 6.45) is 0. The Morgan fingerprint density at radius 1 is 1.10 bits per heavy atom. The summed E-state index contributed by atoms with van der Waals surface area (Å²) in [5, 5.41) is 2.56. The molecule has 2 aromatic carbocycles. The maximum absolute atomic E-state index is 13.7. The molecule has 162 valence electrons. The van der Waals surface area contributed by atoms with Gasteiger partial charge in [0.25, 0.3) is 5.91 Å². The molecular weight excluding hydrogens is 465 g/mol. The summed E-state index contributed by atoms with van der Waals surface area (Å²) in [5.41, 5.74) is 0.0467. The summed E-state index contributed by atoms with van der Waals surface area (Å²) < 4.78 is 57.6. The second kappa shape index (κ2) is 10.2. The molecule has 1 amide bonds. The third-order valence-electron chi connectivity index (χ3n) is 3.78. The van der Waals surface area contributed by atoms with Gasteiger partial charge in [-0.15, -0.1) is 0 Å². The van der Waals surface area contributed by atoms with Gasteiger partial charge in [0.15, 0.2) is 6.61 Å². The molecule has 0 bridgehead atoms. The van der Waals surface area contributed by atoms with E-state index in [-0.39, 0.29) is 20.5 Å². The van der Waals surface area contributed by atoms with E-state index in [9.17, 15) is 26.8 Å². The highest BCUT2D eigenvalue weighted by Gasteiger charge is 2.19. The second-order valence-electron chi connectivity index (χ2n) is 6.02. The van der Waals surface area contributed by atoms with Gasteiger partial charge < -0.3 is 10.1 Å². The van der Waals surface area contributed by atoms with Crippen LogP contribution in [0.25, 0.3) is 0 Å². The standard InChI is InChI=1S/C18H16Cl2F2N2O5S/c1-10(13-4-2-11(21)6-16(13)22)24-17(25)9-29-18(26)8-23-30(27,28)12-3-5-14(19)15(20)7-12/h2-7,10,23H,8-9H2,1H3,(H,24,25)/t10-/m0/s1. The van der Waals surface area contributed by atoms with Gasteiger partial charge in [0.1, 0.15) is 18.2 Å². The van der Waals surface area contributed by atoms with Gasteiger partial charge in [-0.1, -0.05) is 29.3 Å². The predicted octanol–water partition coefficient (Wildman–Crippen LogP) is 2.97. The topological polar surface area (TPSA) is 102 Å². The minimum atomic E-state index is -4.06. The number of carbonyl (C=O) groups is 2. The normalized spacial score (nSPS) is 12.3. The third-order valence-corrected chi connectivity index (χ3v) is 5.92. The zero-order valence-corrected chi connectivity index (χ0v) is 17.7. The Morgan fingerprint density at radius 2 is 1.80 bits per heavy atom. The van der Waals surface area contributed by atoms with Crippen molar-refractivity contribution in [2.45, 2.75) is 17.9 Å². The fourth-order valence-corrected chi connectivity index (χ4v) is 3.65. The smallest absolute Gasteiger partial charge is 0.321 e. The summed E-state index contributed by atoms with van der Waals surface area (Å²) in [7, 11) is -4.06. The number of rotatable bonds is 8. The minimum absolute atomic E-state index is 0.0190. The molecule has 0 saturated heterocycles. The Kier molecular flexibility index (Phi) is 8.13. The Labute approximate surface area is 181 Å². The predicted molar refractivity (Wildman–Crippen MR) is 106 cm³/mol. The zero-order valence-electron chi connectivity index (χ0n) is 15.4. The molecule has 0 unspecified atom stereocenters. The van der Waals surface area contributed by atoms with Crippen molar-refractivity contribution in [3.05, 3.63) is 63.6 Å². The molecule has 0 spiro atoms. The zero-order chi connectivity index (χ0) is 22.5. The lowest BCUT2D eigenvalue weighted by atomic mass is 10.1. The number of benzene rings is 2. The molecule has 0 aromatic heterocycles. The largest absolute Gasteiger partial charge is 0.455 e. The number of hydrogen-bond donors (Lipinski definition) is 2. The van der Waals surface area contributed by atoms with E-state index in [2.05, 4.69) is 10.1 Å². The molecule has 12 heteroatoms. The van der Waals surface area contributed by atoms with Gasteiger partial charge in [-0.05, 0) is 31.2 Å². The molecule has 7 nitrogen and oxygen atoms in total. The van der Waals surface area contributed by atoms with Crippen molar-refractivity contribution in [2.75, 3.05) is 13.2 Å². The van der Waals surface area contributed by atoms with Crippen LogP contribution < -0.4 is 10.0 Å². The molecule has 0 fully saturated rings. The number of carbonyl (C=O) groups excluding carboxylic acids is 2. The van der Waals surface area contributed by atoms with Crippen molar-refractivity contribution < 1.29 is 31.5 Å². The molecule has 1 atom stereocenters. The van der Waals surface area contributed by atoms with E-state index >= 15 is 0 Å². The van der Waals surface area contributed by atoms with Crippen LogP contribution in [0.5, 0.6) is 0 Å². The fourth-order valence-electron chi connectivity index (χ4n) is 2.29. The van der Waals surface area contributed by atoms with Gasteiger partial charge in [-0.2, -0.15) is 4.72 Å². The molecule has 0 aliphatic carbocycles. The molecule has 2 N–H and O–H groups in total. The first-order valence-electron chi connectivity index (χ1n) is 8.34. The lowest BCUT2D eigenvalue weighted by Crippen LogP contribution is -2.35. The number of nitrogens with one attached hydrogen (secondary N) is 2. The van der Waals surface area contributed by atoms with Gasteiger partial charge in [-0.3, -0.25) is 9.59 Å². The van der Waals surface area contributed by atoms with Crippen LogP contribution in [0.15, 0.2) is 41.3 Å². The average Bonchev–Trinajstić information content (AvgIpc) is 2.66. The van der Waals surface area contributed by atoms with Crippen LogP contribution in [0.4, 0.5) is 8.78 Å². The first kappa shape index (κ1) is 24.0. The molecule has 0 radical (unpaired) electrons. The Hall–Kier alpha value is -2.27. The van der Waals surface area contributed by atoms with E-state index in [0.29, 0.717) is 6.07 Å². The van der Waals surface area contributed by atoms with Crippen LogP contribution in [-0.4, -0.2) is 33.4 Å². The molecule has 30 heavy (non-hydrogen) atoms. The van der Waals surface area contributed by atoms with Crippen LogP contribution in [0.2, 0.25) is 10.0 Å². The lowest BCUT2D eigenvalue weighted by molar-refractivity contribution is -0.147. The van der Waals surface area contributed by atoms with Crippen molar-refractivity contribution in [3.8, 4) is 0 Å². The summed E-state index contributed by atoms with van der Waals surface area (Å²) in [6, 6.07) is 5.68. The maximum Gasteiger partial charge on any atom is 0.321 e. The van der Waals surface area contributed by atoms with E-state index in [4.69, 9.17) is 23.2 Å². The number of ether oxygens (including phenoxy) is 1. The molecule has 2 aromatic rings. The number of amides is 1. The number of halogens is 4. The minimum Gasteiger partial charge on any atom is -0.455 e. The van der Waals surface area contributed by atoms with Crippen molar-refractivity contribution in [1.82, 2.24) is 10.0 Å². The highest BCUT2D eigenvalue weighted by Crippen LogP contribution is 2.24. The molecule has 0 aliphatic heterocycles. The Bertz CT molecular complexity index is 1070. The van der Waals surface area contributed by atoms with E-state index in [1.54, 1.807) is 0 Å². The maximum atomic E-state index is 13.7. The van der Waals surface area contributed by atoms with Crippen LogP contribution in [-0.2, 0) is 24.3 Å². The van der Waals surface area contributed by atoms with Gasteiger partial charge in [0.05, 0.1) is 21.0 Å². The summed E-state index contributed by atoms with van der Waals surface area (Å²) >= 11 is 11.5. The van der Waals surface area contributed by atoms with E-state index < -0.39 is 52.7 Å². The van der Waals surface area contributed by atoms with Gasteiger partial charge in [-0.25, -0.2) is 17.2 Å². The van der Waals surface area contributed by atoms with E-state index in [0.717, 1.165) is 12.1 Å². The average molecular weight is 481 g/mol.